The van der Waals surface area contributed by atoms with Crippen molar-refractivity contribution in [1.82, 2.24) is 25.0 Å². The van der Waals surface area contributed by atoms with E-state index in [0.29, 0.717) is 18.4 Å². The van der Waals surface area contributed by atoms with Crippen LogP contribution >= 0.6 is 0 Å². The Balaban J connectivity index is 2.23. The number of pyridine rings is 1. The van der Waals surface area contributed by atoms with Crippen LogP contribution in [-0.2, 0) is 11.0 Å². The first-order valence-electron chi connectivity index (χ1n) is 8.71. The van der Waals surface area contributed by atoms with Gasteiger partial charge < -0.3 is 10.2 Å². The molecule has 0 aliphatic rings. The molecule has 0 spiro atoms. The van der Waals surface area contributed by atoms with E-state index in [-0.39, 0.29) is 29.9 Å². The number of carbonyl (C=O) groups excluding carboxylic acids is 2. The summed E-state index contributed by atoms with van der Waals surface area (Å²) in [4.78, 5) is 29.9. The molecule has 2 heterocycles. The summed E-state index contributed by atoms with van der Waals surface area (Å²) in [6, 6.07) is 2.04. The third kappa shape index (κ3) is 4.87. The second-order valence-corrected chi connectivity index (χ2v) is 6.50. The van der Waals surface area contributed by atoms with Gasteiger partial charge in [-0.25, -0.2) is 9.67 Å². The van der Waals surface area contributed by atoms with Crippen molar-refractivity contribution in [2.75, 3.05) is 13.1 Å². The van der Waals surface area contributed by atoms with Crippen LogP contribution in [0.4, 0.5) is 13.2 Å². The highest BCUT2D eigenvalue weighted by molar-refractivity contribution is 5.97. The van der Waals surface area contributed by atoms with Crippen molar-refractivity contribution in [1.29, 1.82) is 0 Å². The highest BCUT2D eigenvalue weighted by Crippen LogP contribution is 2.28. The zero-order chi connectivity index (χ0) is 21.1. The normalized spacial score (nSPS) is 11.6. The lowest BCUT2D eigenvalue weighted by atomic mass is 10.2. The number of alkyl halides is 3. The van der Waals surface area contributed by atoms with Gasteiger partial charge in [0.2, 0.25) is 5.91 Å². The van der Waals surface area contributed by atoms with Gasteiger partial charge in [-0.05, 0) is 39.8 Å². The molecule has 0 aromatic carbocycles. The predicted molar refractivity (Wildman–Crippen MR) is 96.0 cm³/mol. The van der Waals surface area contributed by atoms with Crippen molar-refractivity contribution in [3.63, 3.8) is 0 Å². The van der Waals surface area contributed by atoms with Gasteiger partial charge in [-0.3, -0.25) is 9.59 Å². The summed E-state index contributed by atoms with van der Waals surface area (Å²) >= 11 is 0. The van der Waals surface area contributed by atoms with E-state index in [1.807, 2.05) is 13.8 Å². The van der Waals surface area contributed by atoms with E-state index < -0.39 is 17.6 Å². The molecule has 152 valence electrons. The van der Waals surface area contributed by atoms with E-state index in [1.165, 1.54) is 21.8 Å². The number of amides is 2. The molecule has 0 aliphatic heterocycles. The van der Waals surface area contributed by atoms with Crippen LogP contribution in [0.3, 0.4) is 0 Å². The molecule has 0 bridgehead atoms. The van der Waals surface area contributed by atoms with E-state index in [9.17, 15) is 22.8 Å². The lowest BCUT2D eigenvalue weighted by Crippen LogP contribution is -2.42. The first-order chi connectivity index (χ1) is 13.0. The average molecular weight is 397 g/mol. The lowest BCUT2D eigenvalue weighted by molar-refractivity contribution is -0.137. The van der Waals surface area contributed by atoms with E-state index in [1.54, 1.807) is 13.8 Å². The molecule has 28 heavy (non-hydrogen) atoms. The number of nitrogens with one attached hydrogen (secondary N) is 1. The molecule has 7 nitrogen and oxygen atoms in total. The van der Waals surface area contributed by atoms with Crippen LogP contribution in [0.2, 0.25) is 0 Å². The fourth-order valence-corrected chi connectivity index (χ4v) is 2.57. The van der Waals surface area contributed by atoms with Gasteiger partial charge >= 0.3 is 6.18 Å². The van der Waals surface area contributed by atoms with Crippen molar-refractivity contribution in [3.05, 3.63) is 41.3 Å². The Morgan fingerprint density at radius 2 is 1.93 bits per heavy atom. The van der Waals surface area contributed by atoms with E-state index in [4.69, 9.17) is 0 Å². The fourth-order valence-electron chi connectivity index (χ4n) is 2.57. The molecule has 2 amide bonds. The molecule has 1 N–H and O–H groups in total. The number of carbonyl (C=O) groups is 2. The van der Waals surface area contributed by atoms with Crippen LogP contribution in [0, 0.1) is 6.92 Å². The van der Waals surface area contributed by atoms with Gasteiger partial charge in [-0.1, -0.05) is 0 Å². The summed E-state index contributed by atoms with van der Waals surface area (Å²) in [6.07, 6.45) is -2.45. The molecule has 0 aliphatic carbocycles. The van der Waals surface area contributed by atoms with Crippen molar-refractivity contribution in [3.8, 4) is 5.82 Å². The summed E-state index contributed by atoms with van der Waals surface area (Å²) in [7, 11) is 0. The molecule has 2 aromatic rings. The van der Waals surface area contributed by atoms with Crippen LogP contribution in [0.15, 0.2) is 24.5 Å². The summed E-state index contributed by atoms with van der Waals surface area (Å²) in [5, 5.41) is 6.79. The third-order valence-corrected chi connectivity index (χ3v) is 3.99. The SMILES string of the molecule is CCN(CC(=O)NC(C)C)C(=O)c1cnn(-c2ccc(C(F)(F)F)cn2)c1C. The smallest absolute Gasteiger partial charge is 0.352 e. The van der Waals surface area contributed by atoms with E-state index >= 15 is 0 Å². The first kappa shape index (κ1) is 21.4. The minimum absolute atomic E-state index is 0.0449. The van der Waals surface area contributed by atoms with Gasteiger partial charge in [0.15, 0.2) is 5.82 Å². The quantitative estimate of drug-likeness (QED) is 0.813. The highest BCUT2D eigenvalue weighted by atomic mass is 19.4. The Morgan fingerprint density at radius 3 is 2.43 bits per heavy atom. The topological polar surface area (TPSA) is 80.1 Å². The number of rotatable bonds is 6. The molecule has 0 radical (unpaired) electrons. The van der Waals surface area contributed by atoms with Gasteiger partial charge in [0.25, 0.3) is 5.91 Å². The number of nitrogens with zero attached hydrogens (tertiary/aromatic N) is 4. The number of likely N-dealkylation sites (N-methyl/N-ethyl adjacent to an activating group) is 1. The molecule has 0 saturated carbocycles. The summed E-state index contributed by atoms with van der Waals surface area (Å²) in [6.45, 7) is 7.21. The number of hydrogen-bond acceptors (Lipinski definition) is 4. The summed E-state index contributed by atoms with van der Waals surface area (Å²) in [5.41, 5.74) is -0.202. The monoisotopic (exact) mass is 397 g/mol. The lowest BCUT2D eigenvalue weighted by Gasteiger charge is -2.21. The Labute approximate surface area is 160 Å². The van der Waals surface area contributed by atoms with Crippen molar-refractivity contribution in [2.45, 2.75) is 39.9 Å². The van der Waals surface area contributed by atoms with Crippen LogP contribution in [0.5, 0.6) is 0 Å². The largest absolute Gasteiger partial charge is 0.417 e. The molecule has 0 saturated heterocycles. The van der Waals surface area contributed by atoms with Crippen molar-refractivity contribution >= 4 is 11.8 Å². The molecule has 2 aromatic heterocycles. The number of aromatic nitrogens is 3. The Bertz CT molecular complexity index is 844. The predicted octanol–water partition coefficient (Wildman–Crippen LogP) is 2.58. The molecular weight excluding hydrogens is 375 g/mol. The minimum Gasteiger partial charge on any atom is -0.352 e. The van der Waals surface area contributed by atoms with Gasteiger partial charge in [0.1, 0.15) is 0 Å². The fraction of sp³-hybridized carbons (Fsp3) is 0.444. The molecule has 2 rings (SSSR count). The Kier molecular flexibility index (Phi) is 6.42. The molecule has 0 fully saturated rings. The van der Waals surface area contributed by atoms with Gasteiger partial charge in [0, 0.05) is 18.8 Å². The van der Waals surface area contributed by atoms with Crippen LogP contribution < -0.4 is 5.32 Å². The molecule has 0 atom stereocenters. The molecule has 0 unspecified atom stereocenters. The standard InChI is InChI=1S/C18H22F3N5O2/c1-5-25(10-16(27)24-11(2)3)17(28)14-9-23-26(12(14)4)15-7-6-13(8-22-15)18(19,20)21/h6-9,11H,5,10H2,1-4H3,(H,24,27). The average Bonchev–Trinajstić information content (AvgIpc) is 2.99. The van der Waals surface area contributed by atoms with Crippen LogP contribution in [0.1, 0.15) is 42.4 Å². The number of halogens is 3. The van der Waals surface area contributed by atoms with E-state index in [2.05, 4.69) is 15.4 Å². The van der Waals surface area contributed by atoms with Crippen LogP contribution in [-0.4, -0.2) is 50.6 Å². The first-order valence-corrected chi connectivity index (χ1v) is 8.71. The summed E-state index contributed by atoms with van der Waals surface area (Å²) < 4.78 is 39.3. The second-order valence-electron chi connectivity index (χ2n) is 6.50. The third-order valence-electron chi connectivity index (χ3n) is 3.99. The Hall–Kier alpha value is -2.91. The maximum Gasteiger partial charge on any atom is 0.417 e. The van der Waals surface area contributed by atoms with E-state index in [0.717, 1.165) is 6.07 Å². The van der Waals surface area contributed by atoms with Gasteiger partial charge in [-0.15, -0.1) is 0 Å². The maximum absolute atomic E-state index is 12.8. The molecular formula is C18H22F3N5O2. The zero-order valence-corrected chi connectivity index (χ0v) is 16.0. The van der Waals surface area contributed by atoms with Gasteiger partial charge in [-0.2, -0.15) is 18.3 Å². The highest BCUT2D eigenvalue weighted by Gasteiger charge is 2.31. The van der Waals surface area contributed by atoms with Gasteiger partial charge in [0.05, 0.1) is 29.6 Å². The number of hydrogen-bond donors (Lipinski definition) is 1. The summed E-state index contributed by atoms with van der Waals surface area (Å²) in [5.74, 6) is -0.512. The molecule has 10 heteroatoms. The second kappa shape index (κ2) is 8.41. The van der Waals surface area contributed by atoms with Crippen molar-refractivity contribution in [2.24, 2.45) is 0 Å². The maximum atomic E-state index is 12.8. The minimum atomic E-state index is -4.48. The van der Waals surface area contributed by atoms with Crippen molar-refractivity contribution < 1.29 is 22.8 Å². The van der Waals surface area contributed by atoms with Crippen LogP contribution in [0.25, 0.3) is 5.82 Å². The Morgan fingerprint density at radius 1 is 1.25 bits per heavy atom. The zero-order valence-electron chi connectivity index (χ0n) is 16.0.